The largest absolute Gasteiger partial charge is 0.493 e. The molecule has 0 atom stereocenters. The molecule has 0 aliphatic rings. The second-order valence-corrected chi connectivity index (χ2v) is 9.63. The number of imidazole rings is 1. The molecule has 0 unspecified atom stereocenters. The minimum absolute atomic E-state index is 0.0277. The number of unbranched alkanes of at least 4 members (excludes halogenated alkanes) is 2. The molecule has 1 amide bonds. The van der Waals surface area contributed by atoms with Crippen LogP contribution < -0.4 is 10.1 Å². The Morgan fingerprint density at radius 1 is 1.03 bits per heavy atom. The van der Waals surface area contributed by atoms with Gasteiger partial charge in [-0.05, 0) is 73.9 Å². The first-order valence-electron chi connectivity index (χ1n) is 12.1. The van der Waals surface area contributed by atoms with Crippen molar-refractivity contribution in [2.45, 2.75) is 52.5 Å². The predicted molar refractivity (Wildman–Crippen MR) is 140 cm³/mol. The topological polar surface area (TPSA) is 56.1 Å². The first-order chi connectivity index (χ1) is 16.6. The number of amides is 1. The highest BCUT2D eigenvalue weighted by Crippen LogP contribution is 2.21. The summed E-state index contributed by atoms with van der Waals surface area (Å²) in [7, 11) is 0. The molecule has 0 bridgehead atoms. The van der Waals surface area contributed by atoms with Crippen LogP contribution in [-0.4, -0.2) is 28.6 Å². The monoisotopic (exact) mass is 475 g/mol. The van der Waals surface area contributed by atoms with Crippen LogP contribution in [0.2, 0.25) is 0 Å². The lowest BCUT2D eigenvalue weighted by molar-refractivity contribution is 0.0957. The van der Waals surface area contributed by atoms with Crippen LogP contribution in [0.15, 0.2) is 60.0 Å². The van der Waals surface area contributed by atoms with Gasteiger partial charge in [-0.1, -0.05) is 36.8 Å². The Kier molecular flexibility index (Phi) is 8.36. The van der Waals surface area contributed by atoms with Crippen molar-refractivity contribution in [2.75, 3.05) is 13.2 Å². The maximum absolute atomic E-state index is 12.0. The molecule has 4 rings (SSSR count). The number of para-hydroxylation sites is 2. The van der Waals surface area contributed by atoms with Crippen LogP contribution in [0.4, 0.5) is 0 Å². The Hall–Kier alpha value is -3.12. The van der Waals surface area contributed by atoms with Gasteiger partial charge in [0.15, 0.2) is 0 Å². The number of aromatic nitrogens is 2. The third-order valence-corrected chi connectivity index (χ3v) is 6.84. The summed E-state index contributed by atoms with van der Waals surface area (Å²) in [5, 5.41) is 4.94. The Morgan fingerprint density at radius 2 is 1.91 bits per heavy atom. The van der Waals surface area contributed by atoms with Crippen LogP contribution in [0.5, 0.6) is 5.75 Å². The fraction of sp³-hybridized carbons (Fsp3) is 0.357. The third kappa shape index (κ3) is 6.26. The van der Waals surface area contributed by atoms with Gasteiger partial charge in [0.2, 0.25) is 0 Å². The van der Waals surface area contributed by atoms with E-state index in [1.165, 1.54) is 28.0 Å². The molecule has 4 aromatic rings. The number of carbonyl (C=O) groups is 1. The number of aryl methyl sites for hydroxylation is 4. The van der Waals surface area contributed by atoms with Crippen LogP contribution in [-0.2, 0) is 13.0 Å². The molecular formula is C28H33N3O2S. The van der Waals surface area contributed by atoms with Crippen molar-refractivity contribution >= 4 is 28.3 Å². The van der Waals surface area contributed by atoms with E-state index in [1.807, 2.05) is 23.6 Å². The number of rotatable bonds is 12. The molecule has 178 valence electrons. The number of nitrogens with one attached hydrogen (secondary N) is 1. The van der Waals surface area contributed by atoms with E-state index in [4.69, 9.17) is 9.72 Å². The molecule has 2 aromatic carbocycles. The quantitative estimate of drug-likeness (QED) is 0.244. The maximum atomic E-state index is 12.0. The van der Waals surface area contributed by atoms with E-state index < -0.39 is 0 Å². The summed E-state index contributed by atoms with van der Waals surface area (Å²) in [6, 6.07) is 18.5. The van der Waals surface area contributed by atoms with E-state index in [2.05, 4.69) is 60.1 Å². The standard InChI is InChI=1S/C28H33N3O2S/c1-21-14-15-22(2)25(20-21)33-18-9-17-31-24-11-6-5-10-23(24)30-27(31)13-4-3-7-16-29-28(32)26-12-8-19-34-26/h5-6,8,10-12,14-15,19-20H,3-4,7,9,13,16-18H2,1-2H3,(H,29,32). The van der Waals surface area contributed by atoms with Crippen LogP contribution >= 0.6 is 11.3 Å². The van der Waals surface area contributed by atoms with Gasteiger partial charge in [-0.25, -0.2) is 4.98 Å². The van der Waals surface area contributed by atoms with Gasteiger partial charge in [-0.3, -0.25) is 4.79 Å². The molecule has 0 fully saturated rings. The first kappa shape index (κ1) is 24.0. The molecule has 0 spiro atoms. The number of fused-ring (bicyclic) bond motifs is 1. The summed E-state index contributed by atoms with van der Waals surface area (Å²) in [4.78, 5) is 17.7. The summed E-state index contributed by atoms with van der Waals surface area (Å²) in [6.07, 6.45) is 4.95. The van der Waals surface area contributed by atoms with Gasteiger partial charge in [-0.15, -0.1) is 11.3 Å². The number of carbonyl (C=O) groups excluding carboxylic acids is 1. The normalized spacial score (nSPS) is 11.1. The van der Waals surface area contributed by atoms with Gasteiger partial charge >= 0.3 is 0 Å². The fourth-order valence-electron chi connectivity index (χ4n) is 4.12. The third-order valence-electron chi connectivity index (χ3n) is 5.97. The van der Waals surface area contributed by atoms with Gasteiger partial charge in [0.05, 0.1) is 22.5 Å². The fourth-order valence-corrected chi connectivity index (χ4v) is 4.76. The first-order valence-corrected chi connectivity index (χ1v) is 13.0. The smallest absolute Gasteiger partial charge is 0.261 e. The molecule has 5 nitrogen and oxygen atoms in total. The SMILES string of the molecule is Cc1ccc(C)c(OCCCn2c(CCCCCNC(=O)c3cccs3)nc3ccccc32)c1. The van der Waals surface area contributed by atoms with Crippen molar-refractivity contribution in [3.8, 4) is 5.75 Å². The second-order valence-electron chi connectivity index (χ2n) is 8.68. The molecule has 0 aliphatic carbocycles. The van der Waals surface area contributed by atoms with E-state index in [9.17, 15) is 4.79 Å². The van der Waals surface area contributed by atoms with Crippen molar-refractivity contribution in [3.05, 3.63) is 81.8 Å². The predicted octanol–water partition coefficient (Wildman–Crippen LogP) is 6.33. The molecule has 6 heteroatoms. The highest BCUT2D eigenvalue weighted by Gasteiger charge is 2.11. The number of hydrogen-bond donors (Lipinski definition) is 1. The molecular weight excluding hydrogens is 442 g/mol. The molecule has 0 aliphatic heterocycles. The average Bonchev–Trinajstić information content (AvgIpc) is 3.49. The lowest BCUT2D eigenvalue weighted by Crippen LogP contribution is -2.23. The average molecular weight is 476 g/mol. The zero-order valence-corrected chi connectivity index (χ0v) is 20.9. The Morgan fingerprint density at radius 3 is 2.76 bits per heavy atom. The second kappa shape index (κ2) is 11.8. The number of hydrogen-bond acceptors (Lipinski definition) is 4. The lowest BCUT2D eigenvalue weighted by atomic mass is 10.1. The van der Waals surface area contributed by atoms with Crippen LogP contribution in [0, 0.1) is 13.8 Å². The molecule has 2 heterocycles. The molecule has 0 saturated heterocycles. The number of nitrogens with zero attached hydrogens (tertiary/aromatic N) is 2. The van der Waals surface area contributed by atoms with E-state index in [0.717, 1.165) is 60.6 Å². The van der Waals surface area contributed by atoms with Gasteiger partial charge in [0.25, 0.3) is 5.91 Å². The Labute approximate surface area is 205 Å². The van der Waals surface area contributed by atoms with Gasteiger partial charge in [0, 0.05) is 19.5 Å². The summed E-state index contributed by atoms with van der Waals surface area (Å²) in [5.41, 5.74) is 4.63. The van der Waals surface area contributed by atoms with Crippen molar-refractivity contribution in [1.82, 2.24) is 14.9 Å². The zero-order valence-electron chi connectivity index (χ0n) is 20.0. The van der Waals surface area contributed by atoms with E-state index in [0.29, 0.717) is 13.2 Å². The molecule has 1 N–H and O–H groups in total. The van der Waals surface area contributed by atoms with Crippen molar-refractivity contribution in [3.63, 3.8) is 0 Å². The van der Waals surface area contributed by atoms with E-state index in [-0.39, 0.29) is 5.91 Å². The minimum Gasteiger partial charge on any atom is -0.493 e. The van der Waals surface area contributed by atoms with Gasteiger partial charge < -0.3 is 14.6 Å². The van der Waals surface area contributed by atoms with E-state index >= 15 is 0 Å². The van der Waals surface area contributed by atoms with Crippen molar-refractivity contribution in [2.24, 2.45) is 0 Å². The van der Waals surface area contributed by atoms with Crippen LogP contribution in [0.1, 0.15) is 52.3 Å². The van der Waals surface area contributed by atoms with Gasteiger partial charge in [0.1, 0.15) is 11.6 Å². The zero-order chi connectivity index (χ0) is 23.8. The Balaban J connectivity index is 1.26. The number of ether oxygens (including phenoxy) is 1. The summed E-state index contributed by atoms with van der Waals surface area (Å²) < 4.78 is 8.42. The minimum atomic E-state index is 0.0277. The summed E-state index contributed by atoms with van der Waals surface area (Å²) >= 11 is 1.48. The summed E-state index contributed by atoms with van der Waals surface area (Å²) in [6.45, 7) is 6.46. The maximum Gasteiger partial charge on any atom is 0.261 e. The van der Waals surface area contributed by atoms with E-state index in [1.54, 1.807) is 0 Å². The molecule has 0 radical (unpaired) electrons. The van der Waals surface area contributed by atoms with Crippen molar-refractivity contribution < 1.29 is 9.53 Å². The molecule has 34 heavy (non-hydrogen) atoms. The summed E-state index contributed by atoms with van der Waals surface area (Å²) in [5.74, 6) is 2.14. The Bertz CT molecular complexity index is 1210. The highest BCUT2D eigenvalue weighted by molar-refractivity contribution is 7.12. The molecule has 0 saturated carbocycles. The number of benzene rings is 2. The van der Waals surface area contributed by atoms with Crippen LogP contribution in [0.25, 0.3) is 11.0 Å². The lowest BCUT2D eigenvalue weighted by Gasteiger charge is -2.12. The van der Waals surface area contributed by atoms with Gasteiger partial charge in [-0.2, -0.15) is 0 Å². The number of thiophene rings is 1. The molecule has 2 aromatic heterocycles. The van der Waals surface area contributed by atoms with Crippen molar-refractivity contribution in [1.29, 1.82) is 0 Å². The van der Waals surface area contributed by atoms with Crippen LogP contribution in [0.3, 0.4) is 0 Å². The highest BCUT2D eigenvalue weighted by atomic mass is 32.1.